The standard InChI is InChI=1S/C13H14BrN/c1-11-13(14)8-5-9-15(11)10-12-6-3-2-4-7-12/h2-8H,9-10H2,1H3. The van der Waals surface area contributed by atoms with Crippen molar-refractivity contribution in [1.82, 2.24) is 4.90 Å². The van der Waals surface area contributed by atoms with Gasteiger partial charge in [-0.25, -0.2) is 0 Å². The van der Waals surface area contributed by atoms with Crippen LogP contribution in [0.15, 0.2) is 52.7 Å². The lowest BCUT2D eigenvalue weighted by Gasteiger charge is -2.27. The molecule has 0 unspecified atom stereocenters. The second-order valence-electron chi connectivity index (χ2n) is 3.70. The molecule has 0 aromatic heterocycles. The van der Waals surface area contributed by atoms with Gasteiger partial charge in [-0.05, 0) is 34.5 Å². The highest BCUT2D eigenvalue weighted by Gasteiger charge is 2.10. The minimum atomic E-state index is 0.978. The SMILES string of the molecule is CC1=C(Br)C=CCN1Cc1ccccc1. The van der Waals surface area contributed by atoms with Crippen molar-refractivity contribution in [2.45, 2.75) is 13.5 Å². The molecule has 0 bridgehead atoms. The van der Waals surface area contributed by atoms with E-state index in [2.05, 4.69) is 70.2 Å². The molecule has 1 nitrogen and oxygen atoms in total. The van der Waals surface area contributed by atoms with Gasteiger partial charge in [-0.15, -0.1) is 0 Å². The van der Waals surface area contributed by atoms with Crippen LogP contribution in [0.5, 0.6) is 0 Å². The van der Waals surface area contributed by atoms with E-state index in [9.17, 15) is 0 Å². The number of hydrogen-bond acceptors (Lipinski definition) is 1. The Morgan fingerprint density at radius 3 is 2.73 bits per heavy atom. The first kappa shape index (κ1) is 10.5. The summed E-state index contributed by atoms with van der Waals surface area (Å²) in [5, 5.41) is 0. The number of halogens is 1. The molecule has 2 heteroatoms. The molecule has 0 saturated carbocycles. The fraction of sp³-hybridized carbons (Fsp3) is 0.231. The highest BCUT2D eigenvalue weighted by molar-refractivity contribution is 9.11. The van der Waals surface area contributed by atoms with Gasteiger partial charge in [0.1, 0.15) is 0 Å². The van der Waals surface area contributed by atoms with Gasteiger partial charge in [-0.3, -0.25) is 0 Å². The summed E-state index contributed by atoms with van der Waals surface area (Å²) in [6.07, 6.45) is 4.30. The van der Waals surface area contributed by atoms with E-state index < -0.39 is 0 Å². The van der Waals surface area contributed by atoms with E-state index in [-0.39, 0.29) is 0 Å². The summed E-state index contributed by atoms with van der Waals surface area (Å²) in [6.45, 7) is 4.12. The molecule has 1 aliphatic rings. The van der Waals surface area contributed by atoms with Crippen LogP contribution >= 0.6 is 15.9 Å². The van der Waals surface area contributed by atoms with E-state index in [0.717, 1.165) is 13.1 Å². The Balaban J connectivity index is 2.11. The molecule has 0 N–H and O–H groups in total. The van der Waals surface area contributed by atoms with Crippen molar-refractivity contribution in [2.75, 3.05) is 6.54 Å². The van der Waals surface area contributed by atoms with Gasteiger partial charge in [0.2, 0.25) is 0 Å². The van der Waals surface area contributed by atoms with Gasteiger partial charge in [0.15, 0.2) is 0 Å². The van der Waals surface area contributed by atoms with Crippen LogP contribution in [0.4, 0.5) is 0 Å². The van der Waals surface area contributed by atoms with Crippen LogP contribution in [-0.2, 0) is 6.54 Å². The molecule has 0 spiro atoms. The maximum Gasteiger partial charge on any atom is 0.0430 e. The molecule has 1 aromatic rings. The topological polar surface area (TPSA) is 3.24 Å². The molecular formula is C13H14BrN. The highest BCUT2D eigenvalue weighted by Crippen LogP contribution is 2.22. The Kier molecular flexibility index (Phi) is 3.27. The fourth-order valence-corrected chi connectivity index (χ4v) is 2.12. The second-order valence-corrected chi connectivity index (χ2v) is 4.56. The molecule has 0 atom stereocenters. The molecule has 1 aromatic carbocycles. The molecule has 2 rings (SSSR count). The van der Waals surface area contributed by atoms with E-state index in [1.165, 1.54) is 15.7 Å². The highest BCUT2D eigenvalue weighted by atomic mass is 79.9. The van der Waals surface area contributed by atoms with Crippen molar-refractivity contribution in [3.8, 4) is 0 Å². The Hall–Kier alpha value is -1.02. The van der Waals surface area contributed by atoms with Gasteiger partial charge in [0, 0.05) is 23.3 Å². The zero-order chi connectivity index (χ0) is 10.7. The molecule has 15 heavy (non-hydrogen) atoms. The Morgan fingerprint density at radius 2 is 2.00 bits per heavy atom. The summed E-state index contributed by atoms with van der Waals surface area (Å²) in [4.78, 5) is 2.36. The molecular weight excluding hydrogens is 250 g/mol. The largest absolute Gasteiger partial charge is 0.366 e. The predicted octanol–water partition coefficient (Wildman–Crippen LogP) is 3.68. The third-order valence-electron chi connectivity index (χ3n) is 2.63. The van der Waals surface area contributed by atoms with Crippen LogP contribution in [0.25, 0.3) is 0 Å². The zero-order valence-electron chi connectivity index (χ0n) is 8.78. The van der Waals surface area contributed by atoms with Gasteiger partial charge in [0.25, 0.3) is 0 Å². The molecule has 0 aliphatic carbocycles. The molecule has 1 aliphatic heterocycles. The average molecular weight is 264 g/mol. The molecule has 0 saturated heterocycles. The summed E-state index contributed by atoms with van der Waals surface area (Å²) in [7, 11) is 0. The summed E-state index contributed by atoms with van der Waals surface area (Å²) in [5.74, 6) is 0. The first-order chi connectivity index (χ1) is 7.27. The molecule has 0 fully saturated rings. The van der Waals surface area contributed by atoms with Crippen LogP contribution in [0.2, 0.25) is 0 Å². The Labute approximate surface area is 99.2 Å². The van der Waals surface area contributed by atoms with E-state index in [1.54, 1.807) is 0 Å². The first-order valence-corrected chi connectivity index (χ1v) is 5.88. The second kappa shape index (κ2) is 4.67. The monoisotopic (exact) mass is 263 g/mol. The van der Waals surface area contributed by atoms with E-state index in [1.807, 2.05) is 0 Å². The van der Waals surface area contributed by atoms with Crippen molar-refractivity contribution < 1.29 is 0 Å². The summed E-state index contributed by atoms with van der Waals surface area (Å²) < 4.78 is 1.18. The molecule has 0 amide bonds. The number of hydrogen-bond donors (Lipinski definition) is 0. The Morgan fingerprint density at radius 1 is 1.27 bits per heavy atom. The maximum atomic E-state index is 3.56. The number of allylic oxidation sites excluding steroid dienone is 3. The van der Waals surface area contributed by atoms with Gasteiger partial charge >= 0.3 is 0 Å². The van der Waals surface area contributed by atoms with Crippen LogP contribution in [0, 0.1) is 0 Å². The van der Waals surface area contributed by atoms with Crippen molar-refractivity contribution in [1.29, 1.82) is 0 Å². The lowest BCUT2D eigenvalue weighted by Crippen LogP contribution is -2.23. The van der Waals surface area contributed by atoms with Gasteiger partial charge in [0.05, 0.1) is 0 Å². The van der Waals surface area contributed by atoms with E-state index in [0.29, 0.717) is 0 Å². The minimum absolute atomic E-state index is 0.978. The number of benzene rings is 1. The van der Waals surface area contributed by atoms with Crippen molar-refractivity contribution in [2.24, 2.45) is 0 Å². The van der Waals surface area contributed by atoms with E-state index in [4.69, 9.17) is 0 Å². The minimum Gasteiger partial charge on any atom is -0.366 e. The van der Waals surface area contributed by atoms with Gasteiger partial charge < -0.3 is 4.90 Å². The third kappa shape index (κ3) is 2.51. The number of nitrogens with zero attached hydrogens (tertiary/aromatic N) is 1. The van der Waals surface area contributed by atoms with Gasteiger partial charge in [-0.1, -0.05) is 36.4 Å². The molecule has 1 heterocycles. The zero-order valence-corrected chi connectivity index (χ0v) is 10.4. The molecule has 78 valence electrons. The fourth-order valence-electron chi connectivity index (χ4n) is 1.68. The Bertz CT molecular complexity index is 392. The van der Waals surface area contributed by atoms with Crippen LogP contribution in [0.3, 0.4) is 0 Å². The average Bonchev–Trinajstić information content (AvgIpc) is 2.26. The smallest absolute Gasteiger partial charge is 0.0430 e. The summed E-state index contributed by atoms with van der Waals surface area (Å²) in [6, 6.07) is 10.6. The lowest BCUT2D eigenvalue weighted by atomic mass is 10.2. The quantitative estimate of drug-likeness (QED) is 0.787. The van der Waals surface area contributed by atoms with Crippen molar-refractivity contribution in [3.05, 3.63) is 58.2 Å². The normalized spacial score (nSPS) is 16.0. The first-order valence-electron chi connectivity index (χ1n) is 5.09. The maximum absolute atomic E-state index is 3.56. The lowest BCUT2D eigenvalue weighted by molar-refractivity contribution is 0.369. The summed E-state index contributed by atoms with van der Waals surface area (Å²) in [5.41, 5.74) is 2.66. The van der Waals surface area contributed by atoms with Crippen LogP contribution < -0.4 is 0 Å². The van der Waals surface area contributed by atoms with Crippen molar-refractivity contribution >= 4 is 15.9 Å². The van der Waals surface area contributed by atoms with Crippen LogP contribution in [-0.4, -0.2) is 11.4 Å². The third-order valence-corrected chi connectivity index (χ3v) is 3.46. The van der Waals surface area contributed by atoms with Crippen molar-refractivity contribution in [3.63, 3.8) is 0 Å². The predicted molar refractivity (Wildman–Crippen MR) is 67.6 cm³/mol. The number of rotatable bonds is 2. The van der Waals surface area contributed by atoms with E-state index >= 15 is 0 Å². The summed E-state index contributed by atoms with van der Waals surface area (Å²) >= 11 is 3.56. The van der Waals surface area contributed by atoms with Crippen LogP contribution in [0.1, 0.15) is 12.5 Å². The van der Waals surface area contributed by atoms with Gasteiger partial charge in [-0.2, -0.15) is 0 Å². The molecule has 0 radical (unpaired) electrons.